The zero-order valence-corrected chi connectivity index (χ0v) is 17.9. The van der Waals surface area contributed by atoms with Crippen molar-refractivity contribution in [2.45, 2.75) is 13.1 Å². The number of hydrogen-bond donors (Lipinski definition) is 3. The van der Waals surface area contributed by atoms with E-state index < -0.39 is 17.6 Å². The van der Waals surface area contributed by atoms with Crippen LogP contribution in [0.3, 0.4) is 0 Å². The van der Waals surface area contributed by atoms with E-state index in [-0.39, 0.29) is 5.56 Å². The number of carbonyl (C=O) groups excluding carboxylic acids is 1. The van der Waals surface area contributed by atoms with Crippen LogP contribution in [0, 0.1) is 6.92 Å². The predicted octanol–water partition coefficient (Wildman–Crippen LogP) is 4.73. The summed E-state index contributed by atoms with van der Waals surface area (Å²) in [5.74, 6) is 0.347. The van der Waals surface area contributed by atoms with Gasteiger partial charge in [0, 0.05) is 37.2 Å². The summed E-state index contributed by atoms with van der Waals surface area (Å²) in [5.41, 5.74) is 1.61. The fraction of sp³-hybridized carbons (Fsp3) is 0.182. The molecule has 0 atom stereocenters. The first-order valence-corrected chi connectivity index (χ1v) is 9.89. The molecule has 0 radical (unpaired) electrons. The molecule has 4 rings (SSSR count). The van der Waals surface area contributed by atoms with E-state index >= 15 is 0 Å². The molecule has 2 heterocycles. The van der Waals surface area contributed by atoms with Crippen molar-refractivity contribution in [3.8, 4) is 0 Å². The van der Waals surface area contributed by atoms with Crippen LogP contribution >= 0.6 is 0 Å². The molecule has 0 aliphatic rings. The van der Waals surface area contributed by atoms with E-state index in [4.69, 9.17) is 0 Å². The predicted molar refractivity (Wildman–Crippen MR) is 120 cm³/mol. The smallest absolute Gasteiger partial charge is 0.357 e. The molecular weight excluding hydrogens is 435 g/mol. The van der Waals surface area contributed by atoms with Gasteiger partial charge in [-0.15, -0.1) is 0 Å². The highest BCUT2D eigenvalue weighted by Crippen LogP contribution is 2.31. The average molecular weight is 455 g/mol. The van der Waals surface area contributed by atoms with Crippen molar-refractivity contribution in [1.29, 1.82) is 0 Å². The molecular formula is C22H20F3N7O. The Kier molecular flexibility index (Phi) is 5.62. The lowest BCUT2D eigenvalue weighted by Gasteiger charge is -2.12. The summed E-state index contributed by atoms with van der Waals surface area (Å²) in [6, 6.07) is 9.41. The van der Waals surface area contributed by atoms with Crippen molar-refractivity contribution < 1.29 is 18.0 Å². The van der Waals surface area contributed by atoms with Crippen LogP contribution < -0.4 is 16.0 Å². The number of hydrogen-bond acceptors (Lipinski definition) is 6. The van der Waals surface area contributed by atoms with Gasteiger partial charge in [0.2, 0.25) is 5.95 Å². The maximum absolute atomic E-state index is 13.0. The number of nitrogens with one attached hydrogen (secondary N) is 3. The first kappa shape index (κ1) is 22.1. The van der Waals surface area contributed by atoms with E-state index in [0.29, 0.717) is 34.2 Å². The Morgan fingerprint density at radius 2 is 1.91 bits per heavy atom. The van der Waals surface area contributed by atoms with Crippen LogP contribution in [0.2, 0.25) is 0 Å². The fourth-order valence-corrected chi connectivity index (χ4v) is 3.25. The molecule has 4 aromatic rings. The molecule has 2 aromatic carbocycles. The lowest BCUT2D eigenvalue weighted by Crippen LogP contribution is -2.14. The lowest BCUT2D eigenvalue weighted by molar-refractivity contribution is -0.137. The Labute approximate surface area is 186 Å². The van der Waals surface area contributed by atoms with Crippen molar-refractivity contribution in [1.82, 2.24) is 19.7 Å². The van der Waals surface area contributed by atoms with E-state index in [9.17, 15) is 18.0 Å². The van der Waals surface area contributed by atoms with Gasteiger partial charge in [-0.1, -0.05) is 12.1 Å². The van der Waals surface area contributed by atoms with Crippen LogP contribution in [0.5, 0.6) is 0 Å². The maximum atomic E-state index is 13.0. The molecule has 0 bridgehead atoms. The molecule has 0 aliphatic heterocycles. The summed E-state index contributed by atoms with van der Waals surface area (Å²) in [6.07, 6.45) is -2.88. The highest BCUT2D eigenvalue weighted by atomic mass is 19.4. The highest BCUT2D eigenvalue weighted by Gasteiger charge is 2.30. The average Bonchev–Trinajstić information content (AvgIpc) is 3.10. The number of amides is 1. The molecule has 0 fully saturated rings. The second-order valence-electron chi connectivity index (χ2n) is 7.34. The summed E-state index contributed by atoms with van der Waals surface area (Å²) in [7, 11) is 3.48. The molecule has 1 amide bonds. The number of rotatable bonds is 5. The van der Waals surface area contributed by atoms with Gasteiger partial charge in [0.1, 0.15) is 0 Å². The van der Waals surface area contributed by atoms with Crippen LogP contribution in [-0.4, -0.2) is 32.7 Å². The van der Waals surface area contributed by atoms with Crippen molar-refractivity contribution in [2.75, 3.05) is 23.0 Å². The van der Waals surface area contributed by atoms with Crippen molar-refractivity contribution in [3.05, 3.63) is 65.4 Å². The highest BCUT2D eigenvalue weighted by molar-refractivity contribution is 6.04. The standard InChI is InChI=1S/C22H20F3N7O/c1-12-7-8-15(28-20(33)13-5-4-6-14(9-13)22(23,24)25)10-17(12)29-18-16-11-27-21(26-2)30-19(16)32(3)31-18/h4-11H,1-3H3,(H,28,33)(H,29,31)(H,26,27,30). The van der Waals surface area contributed by atoms with E-state index in [1.807, 2.05) is 6.92 Å². The molecule has 0 saturated carbocycles. The van der Waals surface area contributed by atoms with Crippen LogP contribution in [0.25, 0.3) is 11.0 Å². The van der Waals surface area contributed by atoms with Gasteiger partial charge in [0.25, 0.3) is 5.91 Å². The van der Waals surface area contributed by atoms with Gasteiger partial charge >= 0.3 is 6.18 Å². The van der Waals surface area contributed by atoms with E-state index in [1.165, 1.54) is 12.1 Å². The molecule has 170 valence electrons. The number of aromatic nitrogens is 4. The SMILES string of the molecule is CNc1ncc2c(Nc3cc(NC(=O)c4cccc(C(F)(F)F)c4)ccc3C)nn(C)c2n1. The van der Waals surface area contributed by atoms with Crippen molar-refractivity contribution >= 4 is 40.1 Å². The molecule has 8 nitrogen and oxygen atoms in total. The number of alkyl halides is 3. The van der Waals surface area contributed by atoms with Gasteiger partial charge in [-0.05, 0) is 42.8 Å². The molecule has 0 unspecified atom stereocenters. The largest absolute Gasteiger partial charge is 0.416 e. The number of carbonyl (C=O) groups is 1. The third-order valence-corrected chi connectivity index (χ3v) is 5.00. The van der Waals surface area contributed by atoms with E-state index in [2.05, 4.69) is 31.0 Å². The monoisotopic (exact) mass is 455 g/mol. The minimum atomic E-state index is -4.53. The molecule has 0 aliphatic carbocycles. The maximum Gasteiger partial charge on any atom is 0.416 e. The second-order valence-corrected chi connectivity index (χ2v) is 7.34. The molecule has 11 heteroatoms. The quantitative estimate of drug-likeness (QED) is 0.403. The molecule has 2 aromatic heterocycles. The zero-order valence-electron chi connectivity index (χ0n) is 17.9. The topological polar surface area (TPSA) is 96.8 Å². The van der Waals surface area contributed by atoms with Gasteiger partial charge in [-0.25, -0.2) is 9.67 Å². The molecule has 33 heavy (non-hydrogen) atoms. The Bertz CT molecular complexity index is 1350. The summed E-state index contributed by atoms with van der Waals surface area (Å²) in [6.45, 7) is 1.88. The fourth-order valence-electron chi connectivity index (χ4n) is 3.25. The molecule has 0 spiro atoms. The van der Waals surface area contributed by atoms with Gasteiger partial charge < -0.3 is 16.0 Å². The molecule has 3 N–H and O–H groups in total. The number of nitrogens with zero attached hydrogens (tertiary/aromatic N) is 4. The summed E-state index contributed by atoms with van der Waals surface area (Å²) in [5, 5.41) is 13.9. The van der Waals surface area contributed by atoms with E-state index in [1.54, 1.807) is 43.2 Å². The van der Waals surface area contributed by atoms with Crippen LogP contribution in [0.4, 0.5) is 36.3 Å². The van der Waals surface area contributed by atoms with Crippen molar-refractivity contribution in [3.63, 3.8) is 0 Å². The third-order valence-electron chi connectivity index (χ3n) is 5.00. The second kappa shape index (κ2) is 8.41. The third kappa shape index (κ3) is 4.56. The summed E-state index contributed by atoms with van der Waals surface area (Å²) in [4.78, 5) is 21.2. The number of benzene rings is 2. The van der Waals surface area contributed by atoms with E-state index in [0.717, 1.165) is 17.7 Å². The Balaban J connectivity index is 1.59. The van der Waals surface area contributed by atoms with Crippen LogP contribution in [0.15, 0.2) is 48.7 Å². The number of halogens is 3. The number of anilines is 4. The Hall–Kier alpha value is -4.15. The summed E-state index contributed by atoms with van der Waals surface area (Å²) >= 11 is 0. The summed E-state index contributed by atoms with van der Waals surface area (Å²) < 4.78 is 40.5. The van der Waals surface area contributed by atoms with Gasteiger partial charge in [0.05, 0.1) is 10.9 Å². The van der Waals surface area contributed by atoms with Crippen LogP contribution in [0.1, 0.15) is 21.5 Å². The first-order chi connectivity index (χ1) is 15.7. The lowest BCUT2D eigenvalue weighted by atomic mass is 10.1. The van der Waals surface area contributed by atoms with Gasteiger partial charge in [0.15, 0.2) is 11.5 Å². The first-order valence-electron chi connectivity index (χ1n) is 9.89. The van der Waals surface area contributed by atoms with Gasteiger partial charge in [-0.2, -0.15) is 23.3 Å². The zero-order chi connectivity index (χ0) is 23.8. The van der Waals surface area contributed by atoms with Crippen molar-refractivity contribution in [2.24, 2.45) is 7.05 Å². The minimum Gasteiger partial charge on any atom is -0.357 e. The molecule has 0 saturated heterocycles. The number of fused-ring (bicyclic) bond motifs is 1. The number of aryl methyl sites for hydroxylation is 2. The normalized spacial score (nSPS) is 11.5. The van der Waals surface area contributed by atoms with Crippen LogP contribution in [-0.2, 0) is 13.2 Å². The minimum absolute atomic E-state index is 0.0897. The Morgan fingerprint density at radius 1 is 1.12 bits per heavy atom. The van der Waals surface area contributed by atoms with Gasteiger partial charge in [-0.3, -0.25) is 4.79 Å². The Morgan fingerprint density at radius 3 is 2.64 bits per heavy atom.